The standard InChI is InChI=1S/C13H22N2O5/c1-8(16)15(9(2)17)10(6-13(3,4)5)12(20)14-7-11(18)19/h10H,6-7H2,1-5H3,(H,14,20)(H,18,19). The van der Waals surface area contributed by atoms with Gasteiger partial charge in [0, 0.05) is 13.8 Å². The van der Waals surface area contributed by atoms with Crippen molar-refractivity contribution in [3.63, 3.8) is 0 Å². The van der Waals surface area contributed by atoms with Crippen LogP contribution in [-0.4, -0.2) is 46.3 Å². The Morgan fingerprint density at radius 2 is 1.55 bits per heavy atom. The Balaban J connectivity index is 5.24. The van der Waals surface area contributed by atoms with Gasteiger partial charge in [-0.05, 0) is 11.8 Å². The van der Waals surface area contributed by atoms with Gasteiger partial charge in [0.15, 0.2) is 0 Å². The lowest BCUT2D eigenvalue weighted by atomic mass is 9.87. The lowest BCUT2D eigenvalue weighted by Crippen LogP contribution is -2.53. The van der Waals surface area contributed by atoms with Crippen LogP contribution >= 0.6 is 0 Å². The molecule has 0 aromatic rings. The number of amides is 3. The number of hydrogen-bond donors (Lipinski definition) is 2. The predicted octanol–water partition coefficient (Wildman–Crippen LogP) is 0.387. The molecular formula is C13H22N2O5. The first-order valence-corrected chi connectivity index (χ1v) is 6.25. The van der Waals surface area contributed by atoms with Crippen molar-refractivity contribution in [2.45, 2.75) is 47.1 Å². The van der Waals surface area contributed by atoms with Crippen molar-refractivity contribution < 1.29 is 24.3 Å². The summed E-state index contributed by atoms with van der Waals surface area (Å²) in [5.74, 6) is -2.92. The maximum Gasteiger partial charge on any atom is 0.322 e. The monoisotopic (exact) mass is 286 g/mol. The molecule has 0 radical (unpaired) electrons. The van der Waals surface area contributed by atoms with Gasteiger partial charge in [-0.2, -0.15) is 0 Å². The smallest absolute Gasteiger partial charge is 0.322 e. The number of carboxylic acids is 1. The van der Waals surface area contributed by atoms with Gasteiger partial charge in [0.05, 0.1) is 0 Å². The van der Waals surface area contributed by atoms with Crippen molar-refractivity contribution >= 4 is 23.7 Å². The highest BCUT2D eigenvalue weighted by Gasteiger charge is 2.34. The van der Waals surface area contributed by atoms with Crippen LogP contribution in [0.5, 0.6) is 0 Å². The highest BCUT2D eigenvalue weighted by molar-refractivity contribution is 5.99. The molecule has 1 atom stereocenters. The molecule has 0 aromatic heterocycles. The molecule has 20 heavy (non-hydrogen) atoms. The molecule has 0 bridgehead atoms. The van der Waals surface area contributed by atoms with E-state index in [1.54, 1.807) is 0 Å². The Morgan fingerprint density at radius 1 is 1.10 bits per heavy atom. The lowest BCUT2D eigenvalue weighted by molar-refractivity contribution is -0.151. The number of carbonyl (C=O) groups excluding carboxylic acids is 3. The lowest BCUT2D eigenvalue weighted by Gasteiger charge is -2.32. The molecular weight excluding hydrogens is 264 g/mol. The first-order chi connectivity index (χ1) is 8.95. The molecule has 2 N–H and O–H groups in total. The zero-order valence-electron chi connectivity index (χ0n) is 12.5. The first kappa shape index (κ1) is 18.1. The summed E-state index contributed by atoms with van der Waals surface area (Å²) in [7, 11) is 0. The minimum Gasteiger partial charge on any atom is -0.480 e. The number of hydrogen-bond acceptors (Lipinski definition) is 4. The highest BCUT2D eigenvalue weighted by Crippen LogP contribution is 2.24. The summed E-state index contributed by atoms with van der Waals surface area (Å²) in [5, 5.41) is 10.8. The minimum absolute atomic E-state index is 0.248. The fourth-order valence-corrected chi connectivity index (χ4v) is 1.82. The molecule has 0 heterocycles. The normalized spacial score (nSPS) is 12.4. The number of imide groups is 1. The van der Waals surface area contributed by atoms with Gasteiger partial charge in [-0.1, -0.05) is 20.8 Å². The molecule has 3 amide bonds. The zero-order chi connectivity index (χ0) is 16.1. The molecule has 0 fully saturated rings. The van der Waals surface area contributed by atoms with E-state index in [0.29, 0.717) is 0 Å². The average molecular weight is 286 g/mol. The van der Waals surface area contributed by atoms with Crippen LogP contribution in [0.4, 0.5) is 0 Å². The summed E-state index contributed by atoms with van der Waals surface area (Å²) >= 11 is 0. The van der Waals surface area contributed by atoms with Gasteiger partial charge in [0.25, 0.3) is 0 Å². The maximum atomic E-state index is 12.1. The molecule has 0 aromatic carbocycles. The van der Waals surface area contributed by atoms with Crippen molar-refractivity contribution in [1.82, 2.24) is 10.2 Å². The summed E-state index contributed by atoms with van der Waals surface area (Å²) in [6.45, 7) is 7.43. The van der Waals surface area contributed by atoms with Gasteiger partial charge in [-0.25, -0.2) is 0 Å². The third-order valence-electron chi connectivity index (χ3n) is 2.51. The number of carboxylic acid groups (broad SMARTS) is 1. The van der Waals surface area contributed by atoms with Gasteiger partial charge >= 0.3 is 5.97 Å². The summed E-state index contributed by atoms with van der Waals surface area (Å²) in [6, 6.07) is -1.01. The topological polar surface area (TPSA) is 104 Å². The first-order valence-electron chi connectivity index (χ1n) is 6.25. The third-order valence-corrected chi connectivity index (χ3v) is 2.51. The Morgan fingerprint density at radius 3 is 1.85 bits per heavy atom. The molecule has 0 aliphatic carbocycles. The second kappa shape index (κ2) is 7.02. The van der Waals surface area contributed by atoms with E-state index in [0.717, 1.165) is 4.90 Å². The van der Waals surface area contributed by atoms with Crippen molar-refractivity contribution in [2.24, 2.45) is 5.41 Å². The van der Waals surface area contributed by atoms with E-state index in [1.165, 1.54) is 13.8 Å². The number of nitrogens with one attached hydrogen (secondary N) is 1. The molecule has 114 valence electrons. The predicted molar refractivity (Wildman–Crippen MR) is 71.7 cm³/mol. The van der Waals surface area contributed by atoms with Crippen LogP contribution in [0.3, 0.4) is 0 Å². The molecule has 7 heteroatoms. The summed E-state index contributed by atoms with van der Waals surface area (Å²) < 4.78 is 0. The molecule has 0 spiro atoms. The number of rotatable bonds is 5. The van der Waals surface area contributed by atoms with E-state index in [2.05, 4.69) is 5.32 Å². The molecule has 0 saturated heterocycles. The number of nitrogens with zero attached hydrogens (tertiary/aromatic N) is 1. The second-order valence-electron chi connectivity index (χ2n) is 5.80. The van der Waals surface area contributed by atoms with Gasteiger partial charge in [0.1, 0.15) is 12.6 Å². The SMILES string of the molecule is CC(=O)N(C(C)=O)C(CC(C)(C)C)C(=O)NCC(=O)O. The van der Waals surface area contributed by atoms with Crippen LogP contribution in [0.2, 0.25) is 0 Å². The van der Waals surface area contributed by atoms with Crippen LogP contribution in [0.1, 0.15) is 41.0 Å². The Labute approximate surface area is 118 Å². The van der Waals surface area contributed by atoms with Crippen LogP contribution in [-0.2, 0) is 19.2 Å². The van der Waals surface area contributed by atoms with Crippen molar-refractivity contribution in [2.75, 3.05) is 6.54 Å². The quantitative estimate of drug-likeness (QED) is 0.760. The van der Waals surface area contributed by atoms with E-state index >= 15 is 0 Å². The van der Waals surface area contributed by atoms with Crippen LogP contribution in [0.25, 0.3) is 0 Å². The molecule has 7 nitrogen and oxygen atoms in total. The number of aliphatic carboxylic acids is 1. The molecule has 1 unspecified atom stereocenters. The van der Waals surface area contributed by atoms with Crippen LogP contribution in [0.15, 0.2) is 0 Å². The van der Waals surface area contributed by atoms with Crippen molar-refractivity contribution in [3.8, 4) is 0 Å². The van der Waals surface area contributed by atoms with Gasteiger partial charge in [-0.15, -0.1) is 0 Å². The molecule has 0 rings (SSSR count). The van der Waals surface area contributed by atoms with E-state index < -0.39 is 36.3 Å². The highest BCUT2D eigenvalue weighted by atomic mass is 16.4. The van der Waals surface area contributed by atoms with Crippen molar-refractivity contribution in [1.29, 1.82) is 0 Å². The Bertz CT molecular complexity index is 397. The van der Waals surface area contributed by atoms with Crippen LogP contribution in [0, 0.1) is 5.41 Å². The molecule has 0 saturated carbocycles. The zero-order valence-corrected chi connectivity index (χ0v) is 12.5. The van der Waals surface area contributed by atoms with Gasteiger partial charge in [-0.3, -0.25) is 24.1 Å². The average Bonchev–Trinajstić information content (AvgIpc) is 2.21. The Hall–Kier alpha value is -1.92. The van der Waals surface area contributed by atoms with Gasteiger partial charge < -0.3 is 10.4 Å². The second-order valence-corrected chi connectivity index (χ2v) is 5.80. The fourth-order valence-electron chi connectivity index (χ4n) is 1.82. The van der Waals surface area contributed by atoms with Crippen LogP contribution < -0.4 is 5.32 Å². The fraction of sp³-hybridized carbons (Fsp3) is 0.692. The largest absolute Gasteiger partial charge is 0.480 e. The summed E-state index contributed by atoms with van der Waals surface area (Å²) in [6.07, 6.45) is 0.248. The van der Waals surface area contributed by atoms with Gasteiger partial charge in [0.2, 0.25) is 17.7 Å². The third kappa shape index (κ3) is 6.31. The van der Waals surface area contributed by atoms with E-state index in [9.17, 15) is 19.2 Å². The maximum absolute atomic E-state index is 12.1. The molecule has 0 aliphatic rings. The summed E-state index contributed by atoms with van der Waals surface area (Å²) in [5.41, 5.74) is -0.311. The van der Waals surface area contributed by atoms with E-state index in [1.807, 2.05) is 20.8 Å². The number of carbonyl (C=O) groups is 4. The van der Waals surface area contributed by atoms with Crippen molar-refractivity contribution in [3.05, 3.63) is 0 Å². The van der Waals surface area contributed by atoms with E-state index in [4.69, 9.17) is 5.11 Å². The Kier molecular flexibility index (Phi) is 6.35. The molecule has 0 aliphatic heterocycles. The van der Waals surface area contributed by atoms with E-state index in [-0.39, 0.29) is 11.8 Å². The minimum atomic E-state index is -1.19. The summed E-state index contributed by atoms with van der Waals surface area (Å²) in [4.78, 5) is 46.5.